The standard InChI is InChI=1S/C22H29NOS/c1-21(2,3)16-12-17(22(4,5)6)20(24)19(13-16)23-18-11-9-8-10-15(18)14-25-7/h8-13H,14H2,1-7H3. The van der Waals surface area contributed by atoms with Crippen molar-refractivity contribution in [1.82, 2.24) is 0 Å². The quantitative estimate of drug-likeness (QED) is 0.609. The number of carbonyl (C=O) groups is 1. The van der Waals surface area contributed by atoms with Crippen LogP contribution < -0.4 is 0 Å². The van der Waals surface area contributed by atoms with E-state index in [9.17, 15) is 4.79 Å². The number of allylic oxidation sites excluding steroid dienone is 4. The van der Waals surface area contributed by atoms with E-state index in [1.807, 2.05) is 24.3 Å². The van der Waals surface area contributed by atoms with E-state index in [1.165, 1.54) is 0 Å². The molecule has 25 heavy (non-hydrogen) atoms. The summed E-state index contributed by atoms with van der Waals surface area (Å²) in [7, 11) is 0. The minimum absolute atomic E-state index is 0.0310. The summed E-state index contributed by atoms with van der Waals surface area (Å²) in [4.78, 5) is 17.9. The van der Waals surface area contributed by atoms with Crippen LogP contribution in [0.4, 0.5) is 5.69 Å². The minimum Gasteiger partial charge on any atom is -0.287 e. The molecular weight excluding hydrogens is 326 g/mol. The molecule has 0 unspecified atom stereocenters. The Bertz CT molecular complexity index is 755. The highest BCUT2D eigenvalue weighted by Crippen LogP contribution is 2.37. The van der Waals surface area contributed by atoms with Gasteiger partial charge >= 0.3 is 0 Å². The molecule has 134 valence electrons. The number of thioether (sulfide) groups is 1. The third-order valence-corrected chi connectivity index (χ3v) is 4.88. The van der Waals surface area contributed by atoms with Crippen LogP contribution in [0, 0.1) is 10.8 Å². The number of hydrogen-bond donors (Lipinski definition) is 0. The van der Waals surface area contributed by atoms with Gasteiger partial charge in [0, 0.05) is 11.3 Å². The minimum atomic E-state index is -0.207. The van der Waals surface area contributed by atoms with Gasteiger partial charge in [-0.25, -0.2) is 4.99 Å². The molecule has 0 saturated carbocycles. The van der Waals surface area contributed by atoms with Crippen molar-refractivity contribution in [1.29, 1.82) is 0 Å². The smallest absolute Gasteiger partial charge is 0.207 e. The lowest BCUT2D eigenvalue weighted by Crippen LogP contribution is -2.29. The average Bonchev–Trinajstić information content (AvgIpc) is 2.49. The Labute approximate surface area is 156 Å². The van der Waals surface area contributed by atoms with Crippen molar-refractivity contribution in [3.63, 3.8) is 0 Å². The highest BCUT2D eigenvalue weighted by Gasteiger charge is 2.32. The lowest BCUT2D eigenvalue weighted by molar-refractivity contribution is -0.110. The average molecular weight is 356 g/mol. The number of hydrogen-bond acceptors (Lipinski definition) is 3. The van der Waals surface area contributed by atoms with Crippen molar-refractivity contribution >= 4 is 28.9 Å². The van der Waals surface area contributed by atoms with E-state index in [2.05, 4.69) is 59.9 Å². The number of rotatable bonds is 3. The van der Waals surface area contributed by atoms with Crippen LogP contribution in [0.15, 0.2) is 52.6 Å². The molecule has 0 saturated heterocycles. The summed E-state index contributed by atoms with van der Waals surface area (Å²) in [5.41, 5.74) is 4.34. The summed E-state index contributed by atoms with van der Waals surface area (Å²) < 4.78 is 0. The Hall–Kier alpha value is -1.61. The van der Waals surface area contributed by atoms with Crippen molar-refractivity contribution in [2.45, 2.75) is 47.3 Å². The summed E-state index contributed by atoms with van der Waals surface area (Å²) in [5.74, 6) is 0.929. The monoisotopic (exact) mass is 355 g/mol. The van der Waals surface area contributed by atoms with Gasteiger partial charge in [0.2, 0.25) is 5.78 Å². The maximum absolute atomic E-state index is 13.1. The van der Waals surface area contributed by atoms with E-state index in [4.69, 9.17) is 4.99 Å². The Kier molecular flexibility index (Phi) is 5.78. The van der Waals surface area contributed by atoms with Crippen LogP contribution in [0.1, 0.15) is 47.1 Å². The van der Waals surface area contributed by atoms with E-state index in [-0.39, 0.29) is 16.6 Å². The van der Waals surface area contributed by atoms with Crippen molar-refractivity contribution in [3.8, 4) is 0 Å². The van der Waals surface area contributed by atoms with Crippen LogP contribution in [-0.4, -0.2) is 17.8 Å². The van der Waals surface area contributed by atoms with E-state index >= 15 is 0 Å². The van der Waals surface area contributed by atoms with Gasteiger partial charge in [-0.15, -0.1) is 0 Å². The van der Waals surface area contributed by atoms with Crippen LogP contribution in [0.3, 0.4) is 0 Å². The fourth-order valence-electron chi connectivity index (χ4n) is 2.71. The molecule has 0 bridgehead atoms. The van der Waals surface area contributed by atoms with Crippen LogP contribution >= 0.6 is 11.8 Å². The lowest BCUT2D eigenvalue weighted by atomic mass is 9.74. The number of benzene rings is 1. The van der Waals surface area contributed by atoms with Crippen LogP contribution in [-0.2, 0) is 10.5 Å². The molecule has 0 aromatic heterocycles. The largest absolute Gasteiger partial charge is 0.287 e. The summed E-state index contributed by atoms with van der Waals surface area (Å²) in [6.07, 6.45) is 6.11. The summed E-state index contributed by atoms with van der Waals surface area (Å²) in [6.45, 7) is 12.8. The molecule has 2 rings (SSSR count). The third kappa shape index (κ3) is 4.72. The molecule has 0 atom stereocenters. The van der Waals surface area contributed by atoms with Gasteiger partial charge in [-0.05, 0) is 40.4 Å². The number of carbonyl (C=O) groups excluding carboxylic acids is 1. The van der Waals surface area contributed by atoms with Crippen molar-refractivity contribution < 1.29 is 4.79 Å². The molecule has 0 heterocycles. The number of ketones is 1. The molecule has 2 nitrogen and oxygen atoms in total. The lowest BCUT2D eigenvalue weighted by Gasteiger charge is -2.30. The first-order valence-electron chi connectivity index (χ1n) is 8.68. The Balaban J connectivity index is 2.59. The normalized spacial score (nSPS) is 17.6. The molecule has 3 heteroatoms. The second-order valence-corrected chi connectivity index (χ2v) is 9.41. The van der Waals surface area contributed by atoms with Gasteiger partial charge in [0.15, 0.2) is 0 Å². The van der Waals surface area contributed by atoms with Crippen molar-refractivity contribution in [2.75, 3.05) is 6.26 Å². The van der Waals surface area contributed by atoms with E-state index < -0.39 is 0 Å². The second-order valence-electron chi connectivity index (χ2n) is 8.55. The zero-order chi connectivity index (χ0) is 18.8. The molecular formula is C22H29NOS. The van der Waals surface area contributed by atoms with Gasteiger partial charge in [-0.1, -0.05) is 65.8 Å². The Morgan fingerprint density at radius 2 is 1.60 bits per heavy atom. The number of nitrogens with zero attached hydrogens (tertiary/aromatic N) is 1. The molecule has 0 fully saturated rings. The first-order chi connectivity index (χ1) is 11.5. The van der Waals surface area contributed by atoms with Gasteiger partial charge < -0.3 is 0 Å². The highest BCUT2D eigenvalue weighted by molar-refractivity contribution is 7.97. The summed E-state index contributed by atoms with van der Waals surface area (Å²) in [5, 5.41) is 0. The zero-order valence-electron chi connectivity index (χ0n) is 16.4. The van der Waals surface area contributed by atoms with Gasteiger partial charge in [-0.3, -0.25) is 4.79 Å². The maximum Gasteiger partial charge on any atom is 0.207 e. The van der Waals surface area contributed by atoms with Gasteiger partial charge in [0.1, 0.15) is 5.71 Å². The second kappa shape index (κ2) is 7.33. The number of para-hydroxylation sites is 1. The van der Waals surface area contributed by atoms with Gasteiger partial charge in [0.05, 0.1) is 5.69 Å². The van der Waals surface area contributed by atoms with Crippen LogP contribution in [0.5, 0.6) is 0 Å². The van der Waals surface area contributed by atoms with E-state index in [1.54, 1.807) is 11.8 Å². The SMILES string of the molecule is CSCc1ccccc1N=C1C=C(C(C)(C)C)C=C(C(C)(C)C)C1=O. The molecule has 0 spiro atoms. The highest BCUT2D eigenvalue weighted by atomic mass is 32.2. The Morgan fingerprint density at radius 1 is 0.960 bits per heavy atom. The van der Waals surface area contributed by atoms with E-state index in [0.717, 1.165) is 28.1 Å². The topological polar surface area (TPSA) is 29.4 Å². The molecule has 0 aliphatic heterocycles. The van der Waals surface area contributed by atoms with Gasteiger partial charge in [0.25, 0.3) is 0 Å². The number of Topliss-reactive ketones (excluding diaryl/α,β-unsaturated/α-hetero) is 1. The van der Waals surface area contributed by atoms with E-state index in [0.29, 0.717) is 5.71 Å². The third-order valence-electron chi connectivity index (χ3n) is 4.28. The molecule has 0 N–H and O–H groups in total. The first kappa shape index (κ1) is 19.7. The van der Waals surface area contributed by atoms with Crippen LogP contribution in [0.2, 0.25) is 0 Å². The van der Waals surface area contributed by atoms with Crippen molar-refractivity contribution in [3.05, 3.63) is 53.1 Å². The zero-order valence-corrected chi connectivity index (χ0v) is 17.3. The molecule has 1 aliphatic rings. The summed E-state index contributed by atoms with van der Waals surface area (Å²) in [6, 6.07) is 8.07. The number of aliphatic imine (C=N–C) groups is 1. The molecule has 0 amide bonds. The van der Waals surface area contributed by atoms with Crippen molar-refractivity contribution in [2.24, 2.45) is 15.8 Å². The fraction of sp³-hybridized carbons (Fsp3) is 0.455. The molecule has 0 radical (unpaired) electrons. The molecule has 1 aliphatic carbocycles. The Morgan fingerprint density at radius 3 is 2.16 bits per heavy atom. The maximum atomic E-state index is 13.1. The predicted octanol–water partition coefficient (Wildman–Crippen LogP) is 6.15. The molecule has 1 aromatic carbocycles. The molecule has 1 aromatic rings. The summed E-state index contributed by atoms with van der Waals surface area (Å²) >= 11 is 1.76. The predicted molar refractivity (Wildman–Crippen MR) is 111 cm³/mol. The van der Waals surface area contributed by atoms with Crippen LogP contribution in [0.25, 0.3) is 0 Å². The fourth-order valence-corrected chi connectivity index (χ4v) is 3.27. The first-order valence-corrected chi connectivity index (χ1v) is 10.1. The van der Waals surface area contributed by atoms with Gasteiger partial charge in [-0.2, -0.15) is 11.8 Å².